The first-order valence-corrected chi connectivity index (χ1v) is 5.28. The number of hydrogen-bond donors (Lipinski definition) is 1. The largest absolute Gasteiger partial charge is 0.481 e. The lowest BCUT2D eigenvalue weighted by Crippen LogP contribution is -2.47. The van der Waals surface area contributed by atoms with Crippen molar-refractivity contribution in [2.24, 2.45) is 0 Å². The van der Waals surface area contributed by atoms with E-state index in [2.05, 4.69) is 0 Å². The van der Waals surface area contributed by atoms with E-state index in [1.807, 2.05) is 6.92 Å². The Balaban J connectivity index is 2.92. The third kappa shape index (κ3) is 2.37. The van der Waals surface area contributed by atoms with Crippen LogP contribution in [0.4, 0.5) is 4.79 Å². The van der Waals surface area contributed by atoms with Crippen LogP contribution in [0.1, 0.15) is 33.6 Å². The van der Waals surface area contributed by atoms with Crippen LogP contribution in [-0.2, 0) is 9.53 Å². The SMILES string of the molecule is [B]C(=O)N1[C@@H](CC)[C@@H](CC(=O)O)OC1(C)C. The molecule has 1 aliphatic heterocycles. The summed E-state index contributed by atoms with van der Waals surface area (Å²) < 4.78 is 5.58. The maximum Gasteiger partial charge on any atom is 0.306 e. The third-order valence-electron chi connectivity index (χ3n) is 2.81. The van der Waals surface area contributed by atoms with Gasteiger partial charge in [0.05, 0.1) is 18.6 Å². The maximum absolute atomic E-state index is 11.3. The number of rotatable bonds is 3. The van der Waals surface area contributed by atoms with Gasteiger partial charge in [-0.05, 0) is 20.3 Å². The minimum absolute atomic E-state index is 0.119. The Bertz CT molecular complexity index is 305. The zero-order chi connectivity index (χ0) is 12.5. The van der Waals surface area contributed by atoms with E-state index in [-0.39, 0.29) is 12.5 Å². The molecule has 88 valence electrons. The highest BCUT2D eigenvalue weighted by Crippen LogP contribution is 2.34. The van der Waals surface area contributed by atoms with Crippen molar-refractivity contribution in [3.63, 3.8) is 0 Å². The molecule has 0 aromatic carbocycles. The number of nitrogens with zero attached hydrogens (tertiary/aromatic N) is 1. The van der Waals surface area contributed by atoms with Gasteiger partial charge < -0.3 is 14.7 Å². The van der Waals surface area contributed by atoms with E-state index in [0.29, 0.717) is 6.42 Å². The van der Waals surface area contributed by atoms with Crippen LogP contribution in [0, 0.1) is 0 Å². The molecule has 0 aromatic rings. The zero-order valence-electron chi connectivity index (χ0n) is 9.77. The summed E-state index contributed by atoms with van der Waals surface area (Å²) in [4.78, 5) is 23.4. The van der Waals surface area contributed by atoms with Gasteiger partial charge in [-0.2, -0.15) is 0 Å². The monoisotopic (exact) mass is 225 g/mol. The Hall–Kier alpha value is -1.04. The average Bonchev–Trinajstić information content (AvgIpc) is 2.34. The highest BCUT2D eigenvalue weighted by atomic mass is 16.5. The van der Waals surface area contributed by atoms with Crippen LogP contribution in [0.2, 0.25) is 0 Å². The molecule has 1 saturated heterocycles. The molecule has 0 saturated carbocycles. The van der Waals surface area contributed by atoms with E-state index in [4.69, 9.17) is 17.7 Å². The summed E-state index contributed by atoms with van der Waals surface area (Å²) >= 11 is 0. The average molecular weight is 225 g/mol. The van der Waals surface area contributed by atoms with Crippen molar-refractivity contribution in [1.29, 1.82) is 0 Å². The lowest BCUT2D eigenvalue weighted by atomic mass is 9.99. The fraction of sp³-hybridized carbons (Fsp3) is 0.800. The molecule has 0 spiro atoms. The molecule has 1 aliphatic rings. The Morgan fingerprint density at radius 3 is 2.44 bits per heavy atom. The van der Waals surface area contributed by atoms with E-state index in [1.165, 1.54) is 4.90 Å². The lowest BCUT2D eigenvalue weighted by Gasteiger charge is -2.33. The van der Waals surface area contributed by atoms with Crippen molar-refractivity contribution in [2.75, 3.05) is 0 Å². The number of carboxylic acid groups (broad SMARTS) is 1. The summed E-state index contributed by atoms with van der Waals surface area (Å²) in [7, 11) is 5.29. The molecular weight excluding hydrogens is 209 g/mol. The molecule has 1 rings (SSSR count). The Labute approximate surface area is 96.2 Å². The summed E-state index contributed by atoms with van der Waals surface area (Å²) in [6.07, 6.45) is 0.000694. The van der Waals surface area contributed by atoms with Crippen LogP contribution in [0.25, 0.3) is 0 Å². The van der Waals surface area contributed by atoms with Gasteiger partial charge in [-0.1, -0.05) is 6.92 Å². The van der Waals surface area contributed by atoms with Crippen molar-refractivity contribution in [3.05, 3.63) is 0 Å². The fourth-order valence-corrected chi connectivity index (χ4v) is 2.30. The van der Waals surface area contributed by atoms with Crippen LogP contribution in [0.5, 0.6) is 0 Å². The third-order valence-corrected chi connectivity index (χ3v) is 2.81. The number of hydrogen-bond acceptors (Lipinski definition) is 3. The van der Waals surface area contributed by atoms with E-state index in [9.17, 15) is 9.59 Å². The molecule has 1 N–H and O–H groups in total. The van der Waals surface area contributed by atoms with E-state index < -0.39 is 23.6 Å². The van der Waals surface area contributed by atoms with Gasteiger partial charge in [0.15, 0.2) is 5.81 Å². The smallest absolute Gasteiger partial charge is 0.306 e. The van der Waals surface area contributed by atoms with Crippen molar-refractivity contribution >= 4 is 19.6 Å². The number of carbonyl (C=O) groups excluding carboxylic acids is 1. The molecule has 2 radical (unpaired) electrons. The number of carboxylic acids is 1. The van der Waals surface area contributed by atoms with Gasteiger partial charge in [-0.25, -0.2) is 0 Å². The normalized spacial score (nSPS) is 28.1. The van der Waals surface area contributed by atoms with E-state index in [1.54, 1.807) is 13.8 Å². The van der Waals surface area contributed by atoms with Gasteiger partial charge in [0.2, 0.25) is 7.85 Å². The summed E-state index contributed by atoms with van der Waals surface area (Å²) in [5, 5.41) is 8.77. The molecule has 0 unspecified atom stereocenters. The summed E-state index contributed by atoms with van der Waals surface area (Å²) in [6, 6.07) is -0.274. The first-order chi connectivity index (χ1) is 7.29. The number of ether oxygens (including phenoxy) is 1. The highest BCUT2D eigenvalue weighted by Gasteiger charge is 2.47. The Kier molecular flexibility index (Phi) is 3.63. The molecule has 0 aliphatic carbocycles. The standard InChI is InChI=1S/C10H16BNO4/c1-4-6-7(5-8(13)14)16-10(2,3)12(6)9(11)15/h6-7H,4-5H2,1-3H3,(H,13,14)/t6-,7+/m0/s1. The summed E-state index contributed by atoms with van der Waals surface area (Å²) in [6.45, 7) is 5.30. The van der Waals surface area contributed by atoms with Gasteiger partial charge in [0.1, 0.15) is 5.72 Å². The minimum Gasteiger partial charge on any atom is -0.481 e. The van der Waals surface area contributed by atoms with E-state index in [0.717, 1.165) is 0 Å². The first-order valence-electron chi connectivity index (χ1n) is 5.28. The zero-order valence-corrected chi connectivity index (χ0v) is 9.77. The molecule has 0 aromatic heterocycles. The predicted molar refractivity (Wildman–Crippen MR) is 58.3 cm³/mol. The van der Waals surface area contributed by atoms with Crippen LogP contribution in [0.3, 0.4) is 0 Å². The predicted octanol–water partition coefficient (Wildman–Crippen LogP) is 0.965. The van der Waals surface area contributed by atoms with Gasteiger partial charge >= 0.3 is 5.97 Å². The second-order valence-corrected chi connectivity index (χ2v) is 4.38. The van der Waals surface area contributed by atoms with Crippen molar-refractivity contribution in [3.8, 4) is 0 Å². The maximum atomic E-state index is 11.3. The molecule has 6 heteroatoms. The van der Waals surface area contributed by atoms with E-state index >= 15 is 0 Å². The lowest BCUT2D eigenvalue weighted by molar-refractivity contribution is -0.141. The van der Waals surface area contributed by atoms with Crippen molar-refractivity contribution < 1.29 is 19.4 Å². The van der Waals surface area contributed by atoms with Gasteiger partial charge in [0.25, 0.3) is 0 Å². The molecule has 2 atom stereocenters. The number of amides is 1. The first kappa shape index (κ1) is 13.0. The highest BCUT2D eigenvalue weighted by molar-refractivity contribution is 6.57. The Morgan fingerprint density at radius 1 is 1.50 bits per heavy atom. The number of carbonyl (C=O) groups is 2. The molecular formula is C10H16BNO4. The van der Waals surface area contributed by atoms with Crippen molar-refractivity contribution in [2.45, 2.75) is 51.5 Å². The molecule has 1 amide bonds. The quantitative estimate of drug-likeness (QED) is 0.726. The second-order valence-electron chi connectivity index (χ2n) is 4.38. The second kappa shape index (κ2) is 4.45. The molecule has 0 bridgehead atoms. The summed E-state index contributed by atoms with van der Waals surface area (Å²) in [5.74, 6) is -1.52. The van der Waals surface area contributed by atoms with Gasteiger partial charge in [-0.3, -0.25) is 9.59 Å². The molecule has 1 fully saturated rings. The molecule has 16 heavy (non-hydrogen) atoms. The Morgan fingerprint density at radius 2 is 2.06 bits per heavy atom. The fourth-order valence-electron chi connectivity index (χ4n) is 2.30. The number of aliphatic carboxylic acids is 1. The van der Waals surface area contributed by atoms with Crippen LogP contribution in [0.15, 0.2) is 0 Å². The molecule has 5 nitrogen and oxygen atoms in total. The van der Waals surface area contributed by atoms with Crippen LogP contribution < -0.4 is 0 Å². The summed E-state index contributed by atoms with van der Waals surface area (Å²) in [5.41, 5.74) is -0.841. The van der Waals surface area contributed by atoms with Gasteiger partial charge in [-0.15, -0.1) is 0 Å². The van der Waals surface area contributed by atoms with Crippen LogP contribution >= 0.6 is 0 Å². The minimum atomic E-state index is -0.939. The van der Waals surface area contributed by atoms with Crippen molar-refractivity contribution in [1.82, 2.24) is 4.90 Å². The van der Waals surface area contributed by atoms with Crippen LogP contribution in [-0.4, -0.2) is 47.5 Å². The molecule has 1 heterocycles. The topological polar surface area (TPSA) is 66.8 Å². The van der Waals surface area contributed by atoms with Gasteiger partial charge in [0, 0.05) is 0 Å².